The van der Waals surface area contributed by atoms with Crippen molar-refractivity contribution in [3.8, 4) is 23.3 Å². The Balaban J connectivity index is 1.47. The van der Waals surface area contributed by atoms with Gasteiger partial charge in [0.2, 0.25) is 5.91 Å². The van der Waals surface area contributed by atoms with Crippen molar-refractivity contribution in [3.63, 3.8) is 0 Å². The summed E-state index contributed by atoms with van der Waals surface area (Å²) in [5.41, 5.74) is 0.838. The number of benzene rings is 1. The van der Waals surface area contributed by atoms with Crippen molar-refractivity contribution in [2.45, 2.75) is 70.2 Å². The fourth-order valence-corrected chi connectivity index (χ4v) is 5.72. The number of halogens is 1. The number of likely N-dealkylation sites (tertiary alicyclic amines) is 1. The van der Waals surface area contributed by atoms with Crippen LogP contribution in [0.2, 0.25) is 0 Å². The van der Waals surface area contributed by atoms with Gasteiger partial charge in [-0.25, -0.2) is 9.18 Å². The zero-order valence-electron chi connectivity index (χ0n) is 19.9. The summed E-state index contributed by atoms with van der Waals surface area (Å²) in [4.78, 5) is 28.0. The molecule has 2 aromatic rings. The lowest BCUT2D eigenvalue weighted by Gasteiger charge is -2.35. The summed E-state index contributed by atoms with van der Waals surface area (Å²) in [6.45, 7) is 5.33. The van der Waals surface area contributed by atoms with Crippen molar-refractivity contribution in [1.29, 1.82) is 10.5 Å². The summed E-state index contributed by atoms with van der Waals surface area (Å²) >= 11 is 1.29. The number of hydrogen-bond donors (Lipinski definition) is 1. The van der Waals surface area contributed by atoms with Gasteiger partial charge in [0, 0.05) is 18.0 Å². The molecule has 4 rings (SSSR count). The molecule has 1 aromatic carbocycles. The number of ether oxygens (including phenoxy) is 1. The molecule has 0 radical (unpaired) electrons. The molecule has 0 spiro atoms. The van der Waals surface area contributed by atoms with Gasteiger partial charge in [-0.05, 0) is 74.6 Å². The second-order valence-electron chi connectivity index (χ2n) is 10.0. The van der Waals surface area contributed by atoms with Crippen molar-refractivity contribution < 1.29 is 18.7 Å². The van der Waals surface area contributed by atoms with E-state index in [1.165, 1.54) is 22.3 Å². The van der Waals surface area contributed by atoms with Gasteiger partial charge in [-0.2, -0.15) is 10.5 Å². The predicted molar refractivity (Wildman–Crippen MR) is 129 cm³/mol. The number of amides is 2. The molecular formula is C26H27FN4O3S. The first-order valence-corrected chi connectivity index (χ1v) is 12.5. The van der Waals surface area contributed by atoms with Gasteiger partial charge in [0.1, 0.15) is 34.4 Å². The Morgan fingerprint density at radius 3 is 2.71 bits per heavy atom. The first-order valence-electron chi connectivity index (χ1n) is 11.6. The zero-order valence-corrected chi connectivity index (χ0v) is 20.7. The van der Waals surface area contributed by atoms with Gasteiger partial charge >= 0.3 is 6.09 Å². The predicted octanol–water partition coefficient (Wildman–Crippen LogP) is 4.76. The minimum absolute atomic E-state index is 0.0165. The number of carbonyl (C=O) groups is 2. The van der Waals surface area contributed by atoms with Crippen LogP contribution in [-0.4, -0.2) is 40.6 Å². The fraction of sp³-hybridized carbons (Fsp3) is 0.462. The smallest absolute Gasteiger partial charge is 0.411 e. The Morgan fingerprint density at radius 2 is 2.06 bits per heavy atom. The van der Waals surface area contributed by atoms with Gasteiger partial charge in [0.05, 0.1) is 6.07 Å². The third-order valence-electron chi connectivity index (χ3n) is 6.49. The molecule has 4 atom stereocenters. The summed E-state index contributed by atoms with van der Waals surface area (Å²) in [5.74, 6) is -0.909. The second-order valence-corrected chi connectivity index (χ2v) is 11.0. The Kier molecular flexibility index (Phi) is 6.82. The van der Waals surface area contributed by atoms with Crippen molar-refractivity contribution in [1.82, 2.24) is 10.2 Å². The van der Waals surface area contributed by atoms with Crippen LogP contribution in [0.3, 0.4) is 0 Å². The molecule has 2 fully saturated rings. The second kappa shape index (κ2) is 9.67. The molecule has 1 aliphatic carbocycles. The third-order valence-corrected chi connectivity index (χ3v) is 7.30. The number of fused-ring (bicyclic) bond motifs is 2. The van der Waals surface area contributed by atoms with Gasteiger partial charge in [-0.15, -0.1) is 11.3 Å². The molecule has 182 valence electrons. The lowest BCUT2D eigenvalue weighted by Crippen LogP contribution is -2.55. The van der Waals surface area contributed by atoms with Gasteiger partial charge < -0.3 is 10.1 Å². The largest absolute Gasteiger partial charge is 0.444 e. The van der Waals surface area contributed by atoms with Crippen LogP contribution in [0.4, 0.5) is 9.18 Å². The van der Waals surface area contributed by atoms with Gasteiger partial charge in [-0.1, -0.05) is 12.1 Å². The molecule has 35 heavy (non-hydrogen) atoms. The highest BCUT2D eigenvalue weighted by molar-refractivity contribution is 7.11. The number of piperidine rings is 1. The van der Waals surface area contributed by atoms with Crippen molar-refractivity contribution in [2.24, 2.45) is 5.92 Å². The molecule has 1 saturated heterocycles. The van der Waals surface area contributed by atoms with Crippen molar-refractivity contribution in [2.75, 3.05) is 0 Å². The van der Waals surface area contributed by atoms with Gasteiger partial charge in [0.25, 0.3) is 0 Å². The van der Waals surface area contributed by atoms with Crippen LogP contribution in [0.5, 0.6) is 0 Å². The number of carbonyl (C=O) groups excluding carboxylic acids is 2. The highest BCUT2D eigenvalue weighted by atomic mass is 32.1. The number of nitrogens with zero attached hydrogens (tertiary/aromatic N) is 3. The van der Waals surface area contributed by atoms with E-state index in [1.54, 1.807) is 44.4 Å². The number of nitrogens with one attached hydrogen (secondary N) is 1. The van der Waals surface area contributed by atoms with E-state index < -0.39 is 35.5 Å². The van der Waals surface area contributed by atoms with Crippen molar-refractivity contribution in [3.05, 3.63) is 45.9 Å². The van der Waals surface area contributed by atoms with Crippen LogP contribution in [0, 0.1) is 34.4 Å². The summed E-state index contributed by atoms with van der Waals surface area (Å²) in [6.07, 6.45) is 1.85. The molecule has 1 aromatic heterocycles. The first kappa shape index (κ1) is 24.7. The number of hydrogen-bond acceptors (Lipinski definition) is 6. The molecule has 2 bridgehead atoms. The Hall–Kier alpha value is -3.43. The van der Waals surface area contributed by atoms with E-state index >= 15 is 0 Å². The quantitative estimate of drug-likeness (QED) is 0.645. The highest BCUT2D eigenvalue weighted by Gasteiger charge is 2.52. The maximum absolute atomic E-state index is 14.9. The summed E-state index contributed by atoms with van der Waals surface area (Å²) in [6, 6.07) is 8.82. The standard InChI is InChI=1S/C26H27FN4O3S/c1-26(2,3)34-25(33)31-19-7-6-17(11-19)23(31)24(32)30-18(13-28)10-16-5-4-15(12-21(16)27)20-8-9-35-22(20)14-29/h4-5,8-9,12,17-19,23H,6-7,10-11H2,1-3H3,(H,30,32)/t17-,18-,19+,23-/m0/s1. The molecule has 2 heterocycles. The van der Waals surface area contributed by atoms with E-state index in [1.807, 2.05) is 6.07 Å². The summed E-state index contributed by atoms with van der Waals surface area (Å²) < 4.78 is 20.4. The van der Waals surface area contributed by atoms with E-state index in [0.29, 0.717) is 16.0 Å². The van der Waals surface area contributed by atoms with Gasteiger partial charge in [0.15, 0.2) is 0 Å². The lowest BCUT2D eigenvalue weighted by atomic mass is 9.97. The molecule has 0 unspecified atom stereocenters. The molecule has 7 nitrogen and oxygen atoms in total. The van der Waals surface area contributed by atoms with Crippen LogP contribution in [0.1, 0.15) is 50.5 Å². The van der Waals surface area contributed by atoms with Crippen molar-refractivity contribution >= 4 is 23.3 Å². The fourth-order valence-electron chi connectivity index (χ4n) is 5.01. The van der Waals surface area contributed by atoms with Crippen LogP contribution in [-0.2, 0) is 16.0 Å². The Bertz CT molecular complexity index is 1220. The maximum atomic E-state index is 14.9. The van der Waals surface area contributed by atoms with Gasteiger partial charge in [-0.3, -0.25) is 9.69 Å². The van der Waals surface area contributed by atoms with E-state index in [4.69, 9.17) is 4.74 Å². The lowest BCUT2D eigenvalue weighted by molar-refractivity contribution is -0.128. The molecule has 1 saturated carbocycles. The number of rotatable bonds is 5. The van der Waals surface area contributed by atoms with E-state index in [-0.39, 0.29) is 23.9 Å². The SMILES string of the molecule is CC(C)(C)OC(=O)N1[C@@H]2CC[C@@H](C2)[C@H]1C(=O)N[C@H](C#N)Cc1ccc(-c2ccsc2C#N)cc1F. The van der Waals surface area contributed by atoms with E-state index in [9.17, 15) is 24.5 Å². The normalized spacial score (nSPS) is 21.8. The molecule has 2 aliphatic rings. The highest BCUT2D eigenvalue weighted by Crippen LogP contribution is 2.43. The number of nitriles is 2. The van der Waals surface area contributed by atoms with Crippen LogP contribution >= 0.6 is 11.3 Å². The topological polar surface area (TPSA) is 106 Å². The number of thiophene rings is 1. The minimum atomic E-state index is -0.960. The molecule has 2 amide bonds. The average Bonchev–Trinajstić information content (AvgIpc) is 3.54. The molecule has 1 aliphatic heterocycles. The molecule has 1 N–H and O–H groups in total. The van der Waals surface area contributed by atoms with E-state index in [2.05, 4.69) is 11.4 Å². The minimum Gasteiger partial charge on any atom is -0.444 e. The maximum Gasteiger partial charge on any atom is 0.411 e. The van der Waals surface area contributed by atoms with Crippen LogP contribution in [0.25, 0.3) is 11.1 Å². The summed E-state index contributed by atoms with van der Waals surface area (Å²) in [5, 5.41) is 23.4. The molecular weight excluding hydrogens is 467 g/mol. The summed E-state index contributed by atoms with van der Waals surface area (Å²) in [7, 11) is 0. The Morgan fingerprint density at radius 1 is 1.29 bits per heavy atom. The van der Waals surface area contributed by atoms with Crippen LogP contribution in [0.15, 0.2) is 29.6 Å². The monoisotopic (exact) mass is 494 g/mol. The Labute approximate surface area is 208 Å². The van der Waals surface area contributed by atoms with E-state index in [0.717, 1.165) is 19.3 Å². The first-order chi connectivity index (χ1) is 16.6. The molecule has 9 heteroatoms. The average molecular weight is 495 g/mol. The zero-order chi connectivity index (χ0) is 25.3. The third kappa shape index (κ3) is 5.16. The van der Waals surface area contributed by atoms with Crippen LogP contribution < -0.4 is 5.32 Å².